The van der Waals surface area contributed by atoms with E-state index in [1.165, 1.54) is 19.4 Å². The summed E-state index contributed by atoms with van der Waals surface area (Å²) in [5.74, 6) is 0.201. The first kappa shape index (κ1) is 17.4. The maximum atomic E-state index is 12.9. The molecule has 0 radical (unpaired) electrons. The smallest absolute Gasteiger partial charge is 0.228 e. The van der Waals surface area contributed by atoms with Crippen molar-refractivity contribution in [2.24, 2.45) is 5.92 Å². The van der Waals surface area contributed by atoms with Gasteiger partial charge in [0.1, 0.15) is 0 Å². The van der Waals surface area contributed by atoms with Crippen LogP contribution in [0.5, 0.6) is 0 Å². The number of carbonyl (C=O) groups is 1. The third-order valence-electron chi connectivity index (χ3n) is 5.50. The van der Waals surface area contributed by atoms with Gasteiger partial charge < -0.3 is 14.5 Å². The van der Waals surface area contributed by atoms with E-state index in [-0.39, 0.29) is 11.8 Å². The molecule has 2 aliphatic heterocycles. The van der Waals surface area contributed by atoms with E-state index in [0.717, 1.165) is 24.9 Å². The average molecular weight is 330 g/mol. The summed E-state index contributed by atoms with van der Waals surface area (Å²) in [6.07, 6.45) is 4.77. The molecule has 4 nitrogen and oxygen atoms in total. The standard InChI is InChI=1S/C20H30N2O2/c1-16(14-24-15-17-8-4-3-5-9-17)20(23)22-13-7-11-19(22)18-10-6-12-21(18)2/h3-5,8-9,16,18-19H,6-7,10-15H2,1-2H3. The largest absolute Gasteiger partial charge is 0.376 e. The molecule has 3 atom stereocenters. The lowest BCUT2D eigenvalue weighted by molar-refractivity contribution is -0.139. The molecule has 24 heavy (non-hydrogen) atoms. The number of likely N-dealkylation sites (N-methyl/N-ethyl adjacent to an activating group) is 1. The number of likely N-dealkylation sites (tertiary alicyclic amines) is 2. The highest BCUT2D eigenvalue weighted by molar-refractivity contribution is 5.79. The predicted octanol–water partition coefficient (Wildman–Crippen LogP) is 2.92. The van der Waals surface area contributed by atoms with Crippen LogP contribution >= 0.6 is 0 Å². The third-order valence-corrected chi connectivity index (χ3v) is 5.50. The van der Waals surface area contributed by atoms with E-state index < -0.39 is 0 Å². The van der Waals surface area contributed by atoms with Gasteiger partial charge in [-0.05, 0) is 44.8 Å². The van der Waals surface area contributed by atoms with Gasteiger partial charge >= 0.3 is 0 Å². The van der Waals surface area contributed by atoms with Crippen molar-refractivity contribution in [2.45, 2.75) is 51.3 Å². The molecule has 4 heteroatoms. The molecule has 1 amide bonds. The number of nitrogens with zero attached hydrogens (tertiary/aromatic N) is 2. The lowest BCUT2D eigenvalue weighted by Crippen LogP contribution is -2.49. The second-order valence-electron chi connectivity index (χ2n) is 7.33. The SMILES string of the molecule is CC(COCc1ccccc1)C(=O)N1CCCC1C1CCCN1C. The summed E-state index contributed by atoms with van der Waals surface area (Å²) in [5.41, 5.74) is 1.16. The van der Waals surface area contributed by atoms with E-state index in [9.17, 15) is 4.79 Å². The monoisotopic (exact) mass is 330 g/mol. The Bertz CT molecular complexity index is 534. The highest BCUT2D eigenvalue weighted by Gasteiger charge is 2.39. The fraction of sp³-hybridized carbons (Fsp3) is 0.650. The zero-order chi connectivity index (χ0) is 16.9. The van der Waals surface area contributed by atoms with Gasteiger partial charge in [-0.1, -0.05) is 37.3 Å². The number of rotatable bonds is 6. The number of carbonyl (C=O) groups excluding carboxylic acids is 1. The third kappa shape index (κ3) is 3.98. The Morgan fingerprint density at radius 2 is 1.88 bits per heavy atom. The van der Waals surface area contributed by atoms with Crippen LogP contribution in [-0.4, -0.2) is 54.5 Å². The molecule has 0 saturated carbocycles. The molecule has 0 spiro atoms. The summed E-state index contributed by atoms with van der Waals surface area (Å²) in [6.45, 7) is 5.15. The Morgan fingerprint density at radius 1 is 1.17 bits per heavy atom. The van der Waals surface area contributed by atoms with Gasteiger partial charge in [0.25, 0.3) is 0 Å². The van der Waals surface area contributed by atoms with Gasteiger partial charge in [-0.25, -0.2) is 0 Å². The maximum absolute atomic E-state index is 12.9. The fourth-order valence-corrected chi connectivity index (χ4v) is 4.17. The molecule has 0 bridgehead atoms. The van der Waals surface area contributed by atoms with E-state index in [1.54, 1.807) is 0 Å². The zero-order valence-electron chi connectivity index (χ0n) is 15.0. The van der Waals surface area contributed by atoms with Crippen LogP contribution in [-0.2, 0) is 16.1 Å². The first-order chi connectivity index (χ1) is 11.7. The van der Waals surface area contributed by atoms with Crippen molar-refractivity contribution in [2.75, 3.05) is 26.7 Å². The molecular weight excluding hydrogens is 300 g/mol. The van der Waals surface area contributed by atoms with Crippen LogP contribution in [0, 0.1) is 5.92 Å². The number of hydrogen-bond acceptors (Lipinski definition) is 3. The molecule has 2 saturated heterocycles. The number of amides is 1. The van der Waals surface area contributed by atoms with Gasteiger partial charge in [-0.3, -0.25) is 4.79 Å². The summed E-state index contributed by atoms with van der Waals surface area (Å²) >= 11 is 0. The van der Waals surface area contributed by atoms with Crippen molar-refractivity contribution in [3.05, 3.63) is 35.9 Å². The molecule has 2 fully saturated rings. The van der Waals surface area contributed by atoms with Crippen LogP contribution < -0.4 is 0 Å². The Morgan fingerprint density at radius 3 is 2.58 bits per heavy atom. The van der Waals surface area contributed by atoms with Gasteiger partial charge in [-0.15, -0.1) is 0 Å². The van der Waals surface area contributed by atoms with Gasteiger partial charge in [-0.2, -0.15) is 0 Å². The average Bonchev–Trinajstić information content (AvgIpc) is 3.23. The van der Waals surface area contributed by atoms with Crippen molar-refractivity contribution < 1.29 is 9.53 Å². The number of hydrogen-bond donors (Lipinski definition) is 0. The molecule has 2 aliphatic rings. The molecule has 0 N–H and O–H groups in total. The predicted molar refractivity (Wildman–Crippen MR) is 95.6 cm³/mol. The normalized spacial score (nSPS) is 26.0. The first-order valence-corrected chi connectivity index (χ1v) is 9.29. The Hall–Kier alpha value is -1.39. The Kier molecular flexibility index (Phi) is 5.90. The van der Waals surface area contributed by atoms with E-state index >= 15 is 0 Å². The lowest BCUT2D eigenvalue weighted by Gasteiger charge is -2.34. The minimum absolute atomic E-state index is 0.0685. The van der Waals surface area contributed by atoms with Crippen LogP contribution in [0.25, 0.3) is 0 Å². The summed E-state index contributed by atoms with van der Waals surface area (Å²) in [6, 6.07) is 11.1. The highest BCUT2D eigenvalue weighted by atomic mass is 16.5. The number of ether oxygens (including phenoxy) is 1. The second kappa shape index (κ2) is 8.13. The van der Waals surface area contributed by atoms with Crippen molar-refractivity contribution in [3.63, 3.8) is 0 Å². The van der Waals surface area contributed by atoms with Crippen LogP contribution in [0.3, 0.4) is 0 Å². The molecule has 1 aromatic rings. The van der Waals surface area contributed by atoms with Crippen LogP contribution in [0.2, 0.25) is 0 Å². The Labute approximate surface area is 145 Å². The van der Waals surface area contributed by atoms with Crippen LogP contribution in [0.15, 0.2) is 30.3 Å². The Balaban J connectivity index is 1.50. The quantitative estimate of drug-likeness (QED) is 0.804. The van der Waals surface area contributed by atoms with Crippen LogP contribution in [0.4, 0.5) is 0 Å². The first-order valence-electron chi connectivity index (χ1n) is 9.29. The lowest BCUT2D eigenvalue weighted by atomic mass is 10.0. The second-order valence-corrected chi connectivity index (χ2v) is 7.33. The van der Waals surface area contributed by atoms with Gasteiger partial charge in [0.05, 0.1) is 19.1 Å². The van der Waals surface area contributed by atoms with E-state index in [4.69, 9.17) is 4.74 Å². The van der Waals surface area contributed by atoms with Crippen molar-refractivity contribution in [1.82, 2.24) is 9.80 Å². The van der Waals surface area contributed by atoms with Crippen molar-refractivity contribution in [1.29, 1.82) is 0 Å². The summed E-state index contributed by atoms with van der Waals surface area (Å²) in [7, 11) is 2.20. The molecular formula is C20H30N2O2. The maximum Gasteiger partial charge on any atom is 0.228 e. The van der Waals surface area contributed by atoms with Gasteiger partial charge in [0.2, 0.25) is 5.91 Å². The molecule has 132 valence electrons. The summed E-state index contributed by atoms with van der Waals surface area (Å²) in [4.78, 5) is 17.5. The molecule has 0 aliphatic carbocycles. The molecule has 0 aromatic heterocycles. The fourth-order valence-electron chi connectivity index (χ4n) is 4.17. The van der Waals surface area contributed by atoms with E-state index in [0.29, 0.717) is 25.3 Å². The highest BCUT2D eigenvalue weighted by Crippen LogP contribution is 2.30. The molecule has 1 aromatic carbocycles. The molecule has 3 rings (SSSR count). The molecule has 3 unspecified atom stereocenters. The van der Waals surface area contributed by atoms with Gasteiger partial charge in [0.15, 0.2) is 0 Å². The summed E-state index contributed by atoms with van der Waals surface area (Å²) in [5, 5.41) is 0. The topological polar surface area (TPSA) is 32.8 Å². The van der Waals surface area contributed by atoms with Crippen molar-refractivity contribution >= 4 is 5.91 Å². The van der Waals surface area contributed by atoms with Gasteiger partial charge in [0, 0.05) is 18.6 Å². The minimum atomic E-state index is -0.0685. The molecule has 2 heterocycles. The number of benzene rings is 1. The minimum Gasteiger partial charge on any atom is -0.376 e. The van der Waals surface area contributed by atoms with E-state index in [2.05, 4.69) is 29.0 Å². The van der Waals surface area contributed by atoms with E-state index in [1.807, 2.05) is 25.1 Å². The van der Waals surface area contributed by atoms with Crippen LogP contribution in [0.1, 0.15) is 38.2 Å². The van der Waals surface area contributed by atoms with Crippen molar-refractivity contribution in [3.8, 4) is 0 Å². The summed E-state index contributed by atoms with van der Waals surface area (Å²) < 4.78 is 5.79. The zero-order valence-corrected chi connectivity index (χ0v) is 15.0.